The molecule has 0 radical (unpaired) electrons. The number of aliphatic hydroxyl groups excluding tert-OH is 1. The molecule has 3 rings (SSSR count). The van der Waals surface area contributed by atoms with Gasteiger partial charge in [-0.25, -0.2) is 4.98 Å². The molecule has 0 fully saturated rings. The lowest BCUT2D eigenvalue weighted by Crippen LogP contribution is -2.30. The first-order valence-corrected chi connectivity index (χ1v) is 9.62. The molecule has 0 aliphatic heterocycles. The third-order valence-electron chi connectivity index (χ3n) is 4.16. The van der Waals surface area contributed by atoms with E-state index in [-0.39, 0.29) is 18.6 Å². The first-order chi connectivity index (χ1) is 13.5. The van der Waals surface area contributed by atoms with E-state index in [1.807, 2.05) is 32.0 Å². The predicted molar refractivity (Wildman–Crippen MR) is 114 cm³/mol. The summed E-state index contributed by atoms with van der Waals surface area (Å²) in [5, 5.41) is 17.1. The first-order valence-electron chi connectivity index (χ1n) is 8.86. The van der Waals surface area contributed by atoms with Gasteiger partial charge in [-0.1, -0.05) is 43.1 Å². The average molecular weight is 418 g/mol. The molecule has 0 unspecified atom stereocenters. The highest BCUT2D eigenvalue weighted by Crippen LogP contribution is 2.29. The van der Waals surface area contributed by atoms with Gasteiger partial charge in [0.25, 0.3) is 0 Å². The standard InChI is InChI=1S/C20H21Cl2N5O/c1-12(2)18(11-28)26-20-25-17(16-5-3-4-8-23-16)10-19(27-20)24-15-7-6-13(21)9-14(15)22/h3-10,12,18,28H,11H2,1-2H3,(H2,24,25,26,27)/t18-/m0/s1. The lowest BCUT2D eigenvalue weighted by molar-refractivity contribution is 0.248. The van der Waals surface area contributed by atoms with E-state index in [0.29, 0.717) is 38.9 Å². The number of rotatable bonds is 7. The van der Waals surface area contributed by atoms with Gasteiger partial charge in [0, 0.05) is 17.3 Å². The van der Waals surface area contributed by atoms with Crippen molar-refractivity contribution in [3.05, 3.63) is 58.7 Å². The summed E-state index contributed by atoms with van der Waals surface area (Å²) in [6.45, 7) is 4.01. The molecule has 0 saturated heterocycles. The molecule has 0 aliphatic rings. The van der Waals surface area contributed by atoms with Crippen molar-refractivity contribution in [1.82, 2.24) is 15.0 Å². The lowest BCUT2D eigenvalue weighted by Gasteiger charge is -2.20. The molecule has 0 saturated carbocycles. The Morgan fingerprint density at radius 3 is 2.50 bits per heavy atom. The molecule has 1 atom stereocenters. The molecule has 146 valence electrons. The van der Waals surface area contributed by atoms with Crippen LogP contribution in [-0.2, 0) is 0 Å². The summed E-state index contributed by atoms with van der Waals surface area (Å²) >= 11 is 12.2. The lowest BCUT2D eigenvalue weighted by atomic mass is 10.1. The number of nitrogens with zero attached hydrogens (tertiary/aromatic N) is 3. The van der Waals surface area contributed by atoms with Crippen molar-refractivity contribution in [2.24, 2.45) is 5.92 Å². The SMILES string of the molecule is CC(C)[C@H](CO)Nc1nc(Nc2ccc(Cl)cc2Cl)cc(-c2ccccn2)n1. The van der Waals surface area contributed by atoms with Crippen LogP contribution in [0.4, 0.5) is 17.5 Å². The van der Waals surface area contributed by atoms with Gasteiger partial charge in [0.2, 0.25) is 5.95 Å². The van der Waals surface area contributed by atoms with Gasteiger partial charge < -0.3 is 15.7 Å². The van der Waals surface area contributed by atoms with E-state index in [0.717, 1.165) is 0 Å². The van der Waals surface area contributed by atoms with Crippen LogP contribution < -0.4 is 10.6 Å². The van der Waals surface area contributed by atoms with E-state index in [1.54, 1.807) is 30.5 Å². The summed E-state index contributed by atoms with van der Waals surface area (Å²) in [4.78, 5) is 13.4. The second kappa shape index (κ2) is 9.19. The zero-order valence-electron chi connectivity index (χ0n) is 15.5. The van der Waals surface area contributed by atoms with Crippen LogP contribution in [0.3, 0.4) is 0 Å². The number of hydrogen-bond acceptors (Lipinski definition) is 6. The topological polar surface area (TPSA) is 83.0 Å². The van der Waals surface area contributed by atoms with E-state index in [1.165, 1.54) is 0 Å². The molecule has 0 bridgehead atoms. The highest BCUT2D eigenvalue weighted by molar-refractivity contribution is 6.36. The summed E-state index contributed by atoms with van der Waals surface area (Å²) in [7, 11) is 0. The second-order valence-electron chi connectivity index (χ2n) is 6.60. The van der Waals surface area contributed by atoms with Gasteiger partial charge in [0.15, 0.2) is 0 Å². The molecule has 0 spiro atoms. The van der Waals surface area contributed by atoms with Gasteiger partial charge in [-0.15, -0.1) is 0 Å². The number of aliphatic hydroxyl groups is 1. The molecule has 28 heavy (non-hydrogen) atoms. The average Bonchev–Trinajstić information content (AvgIpc) is 2.68. The van der Waals surface area contributed by atoms with Crippen molar-refractivity contribution in [1.29, 1.82) is 0 Å². The fraction of sp³-hybridized carbons (Fsp3) is 0.250. The molecule has 3 N–H and O–H groups in total. The summed E-state index contributed by atoms with van der Waals surface area (Å²) in [5.74, 6) is 1.14. The van der Waals surface area contributed by atoms with Gasteiger partial charge in [-0.3, -0.25) is 4.98 Å². The Bertz CT molecular complexity index is 937. The quantitative estimate of drug-likeness (QED) is 0.500. The van der Waals surface area contributed by atoms with Crippen molar-refractivity contribution in [2.45, 2.75) is 19.9 Å². The van der Waals surface area contributed by atoms with Crippen molar-refractivity contribution < 1.29 is 5.11 Å². The highest BCUT2D eigenvalue weighted by Gasteiger charge is 2.15. The number of benzene rings is 1. The maximum absolute atomic E-state index is 9.64. The summed E-state index contributed by atoms with van der Waals surface area (Å²) in [6, 6.07) is 12.4. The fourth-order valence-corrected chi connectivity index (χ4v) is 2.99. The van der Waals surface area contributed by atoms with E-state index in [4.69, 9.17) is 23.2 Å². The van der Waals surface area contributed by atoms with Crippen LogP contribution in [0.5, 0.6) is 0 Å². The molecule has 8 heteroatoms. The molecular formula is C20H21Cl2N5O. The van der Waals surface area contributed by atoms with Gasteiger partial charge in [0.05, 0.1) is 34.7 Å². The third kappa shape index (κ3) is 5.10. The zero-order valence-corrected chi connectivity index (χ0v) is 17.0. The van der Waals surface area contributed by atoms with Crippen molar-refractivity contribution in [2.75, 3.05) is 17.2 Å². The van der Waals surface area contributed by atoms with Crippen LogP contribution in [0.25, 0.3) is 11.4 Å². The maximum Gasteiger partial charge on any atom is 0.225 e. The highest BCUT2D eigenvalue weighted by atomic mass is 35.5. The van der Waals surface area contributed by atoms with Gasteiger partial charge in [-0.05, 0) is 36.2 Å². The van der Waals surface area contributed by atoms with Crippen LogP contribution in [0.15, 0.2) is 48.7 Å². The molecule has 3 aromatic rings. The summed E-state index contributed by atoms with van der Waals surface area (Å²) in [6.07, 6.45) is 1.71. The maximum atomic E-state index is 9.64. The molecular weight excluding hydrogens is 397 g/mol. The predicted octanol–water partition coefficient (Wildman–Crippen LogP) is 5.02. The minimum Gasteiger partial charge on any atom is -0.394 e. The van der Waals surface area contributed by atoms with Crippen LogP contribution in [-0.4, -0.2) is 32.7 Å². The molecule has 2 heterocycles. The molecule has 6 nitrogen and oxygen atoms in total. The Hall–Kier alpha value is -2.41. The monoisotopic (exact) mass is 417 g/mol. The van der Waals surface area contributed by atoms with Crippen molar-refractivity contribution >= 4 is 40.7 Å². The van der Waals surface area contributed by atoms with Crippen LogP contribution in [0.1, 0.15) is 13.8 Å². The Morgan fingerprint density at radius 1 is 1.04 bits per heavy atom. The van der Waals surface area contributed by atoms with Gasteiger partial charge in [-0.2, -0.15) is 4.98 Å². The second-order valence-corrected chi connectivity index (χ2v) is 7.45. The van der Waals surface area contributed by atoms with E-state index < -0.39 is 0 Å². The molecule has 0 aliphatic carbocycles. The normalized spacial score (nSPS) is 12.1. The largest absolute Gasteiger partial charge is 0.394 e. The molecule has 2 aromatic heterocycles. The Balaban J connectivity index is 1.99. The smallest absolute Gasteiger partial charge is 0.225 e. The summed E-state index contributed by atoms with van der Waals surface area (Å²) in [5.41, 5.74) is 2.03. The minimum absolute atomic E-state index is 0.0272. The van der Waals surface area contributed by atoms with E-state index >= 15 is 0 Å². The first kappa shape index (κ1) is 20.3. The molecule has 1 aromatic carbocycles. The van der Waals surface area contributed by atoms with E-state index in [9.17, 15) is 5.11 Å². The van der Waals surface area contributed by atoms with Crippen molar-refractivity contribution in [3.8, 4) is 11.4 Å². The minimum atomic E-state index is -0.175. The van der Waals surface area contributed by atoms with Crippen LogP contribution in [0.2, 0.25) is 10.0 Å². The number of aromatic nitrogens is 3. The summed E-state index contributed by atoms with van der Waals surface area (Å²) < 4.78 is 0. The number of nitrogens with one attached hydrogen (secondary N) is 2. The number of halogens is 2. The van der Waals surface area contributed by atoms with Crippen LogP contribution >= 0.6 is 23.2 Å². The molecule has 0 amide bonds. The fourth-order valence-electron chi connectivity index (χ4n) is 2.54. The van der Waals surface area contributed by atoms with E-state index in [2.05, 4.69) is 25.6 Å². The number of anilines is 3. The number of pyridine rings is 1. The Kier molecular flexibility index (Phi) is 6.67. The van der Waals surface area contributed by atoms with Gasteiger partial charge >= 0.3 is 0 Å². The van der Waals surface area contributed by atoms with Gasteiger partial charge in [0.1, 0.15) is 5.82 Å². The zero-order chi connectivity index (χ0) is 20.1. The Labute approximate surface area is 174 Å². The number of hydrogen-bond donors (Lipinski definition) is 3. The third-order valence-corrected chi connectivity index (χ3v) is 4.71. The Morgan fingerprint density at radius 2 is 1.86 bits per heavy atom. The van der Waals surface area contributed by atoms with Crippen LogP contribution in [0, 0.1) is 5.92 Å². The van der Waals surface area contributed by atoms with Crippen molar-refractivity contribution in [3.63, 3.8) is 0 Å².